The number of aryl methyl sites for hydroxylation is 1. The lowest BCUT2D eigenvalue weighted by molar-refractivity contribution is -0.116. The van der Waals surface area contributed by atoms with Crippen molar-refractivity contribution >= 4 is 21.6 Å². The summed E-state index contributed by atoms with van der Waals surface area (Å²) in [6.07, 6.45) is 2.80. The van der Waals surface area contributed by atoms with Crippen LogP contribution in [-0.2, 0) is 14.8 Å². The second-order valence-electron chi connectivity index (χ2n) is 7.73. The molecule has 1 fully saturated rings. The highest BCUT2D eigenvalue weighted by molar-refractivity contribution is 7.89. The van der Waals surface area contributed by atoms with Gasteiger partial charge in [-0.15, -0.1) is 0 Å². The van der Waals surface area contributed by atoms with Crippen molar-refractivity contribution in [2.75, 3.05) is 25.0 Å². The third kappa shape index (κ3) is 5.83. The van der Waals surface area contributed by atoms with Crippen molar-refractivity contribution in [1.29, 1.82) is 0 Å². The number of rotatable bonds is 8. The van der Waals surface area contributed by atoms with E-state index in [2.05, 4.69) is 5.32 Å². The molecule has 0 bridgehead atoms. The van der Waals surface area contributed by atoms with E-state index in [0.717, 1.165) is 29.8 Å². The molecule has 162 valence electrons. The zero-order valence-electron chi connectivity index (χ0n) is 17.6. The summed E-state index contributed by atoms with van der Waals surface area (Å²) in [7, 11) is -3.49. The molecule has 0 radical (unpaired) electrons. The SMILES string of the molecule is CCOc1ccc(NC(=O)CCC2CCCN(S(=O)(=O)c3ccc(C)cc3)C2)cc1. The summed E-state index contributed by atoms with van der Waals surface area (Å²) in [6.45, 7) is 5.46. The number of anilines is 1. The van der Waals surface area contributed by atoms with Crippen molar-refractivity contribution in [3.63, 3.8) is 0 Å². The van der Waals surface area contributed by atoms with Crippen LogP contribution >= 0.6 is 0 Å². The molecule has 0 aliphatic carbocycles. The molecule has 0 spiro atoms. The number of hydrogen-bond donors (Lipinski definition) is 1. The van der Waals surface area contributed by atoms with Crippen LogP contribution < -0.4 is 10.1 Å². The first-order valence-corrected chi connectivity index (χ1v) is 11.9. The maximum absolute atomic E-state index is 12.9. The molecule has 6 nitrogen and oxygen atoms in total. The molecular formula is C23H30N2O4S. The predicted molar refractivity (Wildman–Crippen MR) is 118 cm³/mol. The minimum Gasteiger partial charge on any atom is -0.494 e. The number of nitrogens with zero attached hydrogens (tertiary/aromatic N) is 1. The standard InChI is InChI=1S/C23H30N2O4S/c1-3-29-21-11-9-20(10-12-21)24-23(26)15-8-19-5-4-16-25(17-19)30(27,28)22-13-6-18(2)7-14-22/h6-7,9-14,19H,3-5,8,15-17H2,1-2H3,(H,24,26). The van der Waals surface area contributed by atoms with Gasteiger partial charge in [-0.25, -0.2) is 8.42 Å². The van der Waals surface area contributed by atoms with Gasteiger partial charge in [0.05, 0.1) is 11.5 Å². The average Bonchev–Trinajstić information content (AvgIpc) is 2.74. The Balaban J connectivity index is 1.52. The smallest absolute Gasteiger partial charge is 0.243 e. The molecule has 1 aliphatic heterocycles. The van der Waals surface area contributed by atoms with Gasteiger partial charge in [-0.1, -0.05) is 17.7 Å². The van der Waals surface area contributed by atoms with Crippen molar-refractivity contribution in [1.82, 2.24) is 4.31 Å². The van der Waals surface area contributed by atoms with Gasteiger partial charge in [-0.05, 0) is 75.4 Å². The molecule has 30 heavy (non-hydrogen) atoms. The zero-order valence-corrected chi connectivity index (χ0v) is 18.5. The molecule has 1 aliphatic rings. The quantitative estimate of drug-likeness (QED) is 0.681. The minimum absolute atomic E-state index is 0.0577. The highest BCUT2D eigenvalue weighted by atomic mass is 32.2. The summed E-state index contributed by atoms with van der Waals surface area (Å²) < 4.78 is 32.8. The monoisotopic (exact) mass is 430 g/mol. The third-order valence-corrected chi connectivity index (χ3v) is 7.25. The summed E-state index contributed by atoms with van der Waals surface area (Å²) in [5.41, 5.74) is 1.76. The number of ether oxygens (including phenoxy) is 1. The molecule has 1 atom stereocenters. The maximum atomic E-state index is 12.9. The Labute approximate surface area is 179 Å². The van der Waals surface area contributed by atoms with E-state index >= 15 is 0 Å². The second kappa shape index (κ2) is 10.1. The van der Waals surface area contributed by atoms with E-state index in [9.17, 15) is 13.2 Å². The first-order valence-electron chi connectivity index (χ1n) is 10.5. The van der Waals surface area contributed by atoms with Gasteiger partial charge in [-0.2, -0.15) is 4.31 Å². The third-order valence-electron chi connectivity index (χ3n) is 5.37. The van der Waals surface area contributed by atoms with E-state index in [1.165, 1.54) is 0 Å². The van der Waals surface area contributed by atoms with Crippen LogP contribution in [0.5, 0.6) is 5.75 Å². The normalized spacial score (nSPS) is 17.5. The lowest BCUT2D eigenvalue weighted by Crippen LogP contribution is -2.40. The summed E-state index contributed by atoms with van der Waals surface area (Å²) >= 11 is 0. The van der Waals surface area contributed by atoms with Gasteiger partial charge < -0.3 is 10.1 Å². The number of benzene rings is 2. The topological polar surface area (TPSA) is 75.7 Å². The number of piperidine rings is 1. The number of carbonyl (C=O) groups is 1. The van der Waals surface area contributed by atoms with Gasteiger partial charge in [0.2, 0.25) is 15.9 Å². The summed E-state index contributed by atoms with van der Waals surface area (Å²) in [5, 5.41) is 2.90. The van der Waals surface area contributed by atoms with E-state index in [-0.39, 0.29) is 11.8 Å². The van der Waals surface area contributed by atoms with Gasteiger partial charge in [0, 0.05) is 25.2 Å². The van der Waals surface area contributed by atoms with Crippen LogP contribution in [0.4, 0.5) is 5.69 Å². The fourth-order valence-electron chi connectivity index (χ4n) is 3.70. The van der Waals surface area contributed by atoms with Crippen molar-refractivity contribution in [2.45, 2.75) is 44.4 Å². The number of nitrogens with one attached hydrogen (secondary N) is 1. The summed E-state index contributed by atoms with van der Waals surface area (Å²) in [4.78, 5) is 12.7. The predicted octanol–water partition coefficient (Wildman–Crippen LogP) is 4.21. The Hall–Kier alpha value is -2.38. The second-order valence-corrected chi connectivity index (χ2v) is 9.67. The van der Waals surface area contributed by atoms with E-state index in [0.29, 0.717) is 37.4 Å². The molecular weight excluding hydrogens is 400 g/mol. The van der Waals surface area contributed by atoms with Crippen LogP contribution in [0.1, 0.15) is 38.2 Å². The molecule has 2 aromatic rings. The maximum Gasteiger partial charge on any atom is 0.243 e. The molecule has 1 N–H and O–H groups in total. The molecule has 0 aromatic heterocycles. The highest BCUT2D eigenvalue weighted by Crippen LogP contribution is 2.26. The van der Waals surface area contributed by atoms with Crippen LogP contribution in [-0.4, -0.2) is 38.3 Å². The number of carbonyl (C=O) groups excluding carboxylic acids is 1. The van der Waals surface area contributed by atoms with Crippen molar-refractivity contribution in [2.24, 2.45) is 5.92 Å². The fraction of sp³-hybridized carbons (Fsp3) is 0.435. The van der Waals surface area contributed by atoms with Gasteiger partial charge in [0.1, 0.15) is 5.75 Å². The zero-order chi connectivity index (χ0) is 21.6. The molecule has 3 rings (SSSR count). The van der Waals surface area contributed by atoms with Crippen molar-refractivity contribution in [3.8, 4) is 5.75 Å². The highest BCUT2D eigenvalue weighted by Gasteiger charge is 2.30. The van der Waals surface area contributed by atoms with Crippen molar-refractivity contribution in [3.05, 3.63) is 54.1 Å². The van der Waals surface area contributed by atoms with E-state index < -0.39 is 10.0 Å². The molecule has 0 saturated carbocycles. The molecule has 1 unspecified atom stereocenters. The minimum atomic E-state index is -3.49. The van der Waals surface area contributed by atoms with Gasteiger partial charge in [0.15, 0.2) is 0 Å². The number of hydrogen-bond acceptors (Lipinski definition) is 4. The van der Waals surface area contributed by atoms with Gasteiger partial charge >= 0.3 is 0 Å². The summed E-state index contributed by atoms with van der Waals surface area (Å²) in [5.74, 6) is 0.898. The van der Waals surface area contributed by atoms with E-state index in [1.54, 1.807) is 16.4 Å². The first-order chi connectivity index (χ1) is 14.4. The molecule has 1 heterocycles. The van der Waals surface area contributed by atoms with Gasteiger partial charge in [0.25, 0.3) is 0 Å². The van der Waals surface area contributed by atoms with Gasteiger partial charge in [-0.3, -0.25) is 4.79 Å². The van der Waals surface area contributed by atoms with E-state index in [1.807, 2.05) is 50.2 Å². The Morgan fingerprint density at radius 1 is 1.13 bits per heavy atom. The molecule has 2 aromatic carbocycles. The average molecular weight is 431 g/mol. The van der Waals surface area contributed by atoms with Crippen LogP contribution in [0.25, 0.3) is 0 Å². The fourth-order valence-corrected chi connectivity index (χ4v) is 5.25. The lowest BCUT2D eigenvalue weighted by atomic mass is 9.94. The Morgan fingerprint density at radius 2 is 1.83 bits per heavy atom. The van der Waals surface area contributed by atoms with Crippen LogP contribution in [0.2, 0.25) is 0 Å². The van der Waals surface area contributed by atoms with E-state index in [4.69, 9.17) is 4.74 Å². The van der Waals surface area contributed by atoms with Crippen LogP contribution in [0, 0.1) is 12.8 Å². The molecule has 1 amide bonds. The van der Waals surface area contributed by atoms with Crippen LogP contribution in [0.15, 0.2) is 53.4 Å². The Bertz CT molecular complexity index is 940. The Morgan fingerprint density at radius 3 is 2.50 bits per heavy atom. The van der Waals surface area contributed by atoms with Crippen LogP contribution in [0.3, 0.4) is 0 Å². The summed E-state index contributed by atoms with van der Waals surface area (Å²) in [6, 6.07) is 14.3. The number of amides is 1. The van der Waals surface area contributed by atoms with Crippen molar-refractivity contribution < 1.29 is 17.9 Å². The Kier molecular flexibility index (Phi) is 7.50. The first kappa shape index (κ1) is 22.3. The largest absolute Gasteiger partial charge is 0.494 e. The lowest BCUT2D eigenvalue weighted by Gasteiger charge is -2.32. The number of sulfonamides is 1. The molecule has 1 saturated heterocycles. The molecule has 7 heteroatoms.